The highest BCUT2D eigenvalue weighted by atomic mass is 32.3. The summed E-state index contributed by atoms with van der Waals surface area (Å²) in [4.78, 5) is 7.37. The van der Waals surface area contributed by atoms with Crippen LogP contribution in [0.25, 0.3) is 33.1 Å². The minimum absolute atomic E-state index is 0.320. The molecule has 0 spiro atoms. The summed E-state index contributed by atoms with van der Waals surface area (Å²) < 4.78 is 38.6. The number of rotatable bonds is 3. The summed E-state index contributed by atoms with van der Waals surface area (Å²) in [7, 11) is -4.75. The lowest BCUT2D eigenvalue weighted by molar-refractivity contribution is 0.361. The molecule has 3 aromatic heterocycles. The highest BCUT2D eigenvalue weighted by Gasteiger charge is 2.22. The van der Waals surface area contributed by atoms with E-state index in [-0.39, 0.29) is 4.90 Å². The van der Waals surface area contributed by atoms with Crippen LogP contribution in [-0.2, 0) is 10.2 Å². The van der Waals surface area contributed by atoms with Gasteiger partial charge >= 0.3 is 10.2 Å². The van der Waals surface area contributed by atoms with Gasteiger partial charge in [0.15, 0.2) is 0 Å². The molecule has 28 heavy (non-hydrogen) atoms. The molecule has 7 heteroatoms. The quantitative estimate of drug-likeness (QED) is 0.474. The molecule has 0 radical (unpaired) electrons. The summed E-state index contributed by atoms with van der Waals surface area (Å²) in [5.41, 5.74) is 3.48. The largest absolute Gasteiger partial charge is 0.346 e. The Kier molecular flexibility index (Phi) is 4.01. The first-order valence-corrected chi connectivity index (χ1v) is 10.9. The lowest BCUT2D eigenvalue weighted by atomic mass is 9.95. The molecule has 0 aliphatic heterocycles. The summed E-state index contributed by atoms with van der Waals surface area (Å²) in [5.74, 6) is 0. The van der Waals surface area contributed by atoms with Crippen LogP contribution in [0.5, 0.6) is 0 Å². The second-order valence-electron chi connectivity index (χ2n) is 7.47. The molecule has 1 saturated carbocycles. The van der Waals surface area contributed by atoms with Gasteiger partial charge in [0.05, 0.1) is 10.4 Å². The van der Waals surface area contributed by atoms with Gasteiger partial charge in [0.1, 0.15) is 5.65 Å². The van der Waals surface area contributed by atoms with Crippen molar-refractivity contribution in [2.24, 2.45) is 0 Å². The molecular weight excluding hydrogens is 377 g/mol. The molecule has 4 aromatic rings. The molecule has 3 heterocycles. The van der Waals surface area contributed by atoms with Crippen molar-refractivity contribution in [3.63, 3.8) is 0 Å². The zero-order valence-corrected chi connectivity index (χ0v) is 16.0. The first-order chi connectivity index (χ1) is 13.5. The molecular formula is C21H20FN3O2S. The van der Waals surface area contributed by atoms with Crippen LogP contribution < -0.4 is 0 Å². The average molecular weight is 397 g/mol. The second-order valence-corrected chi connectivity index (χ2v) is 8.82. The van der Waals surface area contributed by atoms with Crippen LogP contribution in [0.1, 0.15) is 38.1 Å². The van der Waals surface area contributed by atoms with E-state index in [0.717, 1.165) is 40.3 Å². The van der Waals surface area contributed by atoms with Gasteiger partial charge in [0.25, 0.3) is 0 Å². The second kappa shape index (κ2) is 6.44. The number of pyridine rings is 1. The van der Waals surface area contributed by atoms with E-state index < -0.39 is 10.2 Å². The summed E-state index contributed by atoms with van der Waals surface area (Å²) in [6.45, 7) is 0. The minimum atomic E-state index is -4.75. The van der Waals surface area contributed by atoms with Crippen molar-refractivity contribution in [1.29, 1.82) is 0 Å². The fraction of sp³-hybridized carbons (Fsp3) is 0.286. The zero-order chi connectivity index (χ0) is 19.3. The van der Waals surface area contributed by atoms with Crippen molar-refractivity contribution in [1.82, 2.24) is 14.5 Å². The van der Waals surface area contributed by atoms with Gasteiger partial charge in [0, 0.05) is 41.0 Å². The van der Waals surface area contributed by atoms with Crippen LogP contribution in [0.4, 0.5) is 3.89 Å². The van der Waals surface area contributed by atoms with Gasteiger partial charge in [-0.15, -0.1) is 3.89 Å². The Balaban J connectivity index is 1.78. The van der Waals surface area contributed by atoms with Crippen LogP contribution in [0.15, 0.2) is 53.8 Å². The number of benzene rings is 1. The van der Waals surface area contributed by atoms with E-state index >= 15 is 0 Å². The molecule has 1 aromatic carbocycles. The Morgan fingerprint density at radius 3 is 2.71 bits per heavy atom. The van der Waals surface area contributed by atoms with Crippen molar-refractivity contribution in [2.45, 2.75) is 43.0 Å². The number of fused-ring (bicyclic) bond motifs is 3. The van der Waals surface area contributed by atoms with Gasteiger partial charge in [-0.1, -0.05) is 31.4 Å². The molecule has 5 rings (SSSR count). The summed E-state index contributed by atoms with van der Waals surface area (Å²) in [6.07, 6.45) is 11.7. The fourth-order valence-corrected chi connectivity index (χ4v) is 4.94. The third-order valence-corrected chi connectivity index (χ3v) is 6.59. The number of nitrogens with one attached hydrogen (secondary N) is 1. The maximum absolute atomic E-state index is 13.5. The van der Waals surface area contributed by atoms with Crippen molar-refractivity contribution >= 4 is 32.2 Å². The first-order valence-electron chi connectivity index (χ1n) is 9.54. The Bertz CT molecular complexity index is 1280. The molecule has 0 unspecified atom stereocenters. The molecule has 0 saturated heterocycles. The van der Waals surface area contributed by atoms with E-state index in [1.165, 1.54) is 31.4 Å². The normalized spacial score (nSPS) is 16.2. The zero-order valence-electron chi connectivity index (χ0n) is 15.2. The Hall–Kier alpha value is -2.67. The predicted octanol–water partition coefficient (Wildman–Crippen LogP) is 5.35. The van der Waals surface area contributed by atoms with Gasteiger partial charge in [-0.2, -0.15) is 8.42 Å². The third-order valence-electron chi connectivity index (χ3n) is 5.77. The predicted molar refractivity (Wildman–Crippen MR) is 107 cm³/mol. The number of aromatic nitrogens is 3. The van der Waals surface area contributed by atoms with E-state index in [1.807, 2.05) is 24.5 Å². The molecule has 1 aliphatic carbocycles. The number of aromatic amines is 1. The van der Waals surface area contributed by atoms with Gasteiger partial charge in [0.2, 0.25) is 0 Å². The number of hydrogen-bond acceptors (Lipinski definition) is 3. The van der Waals surface area contributed by atoms with Gasteiger partial charge < -0.3 is 9.55 Å². The molecule has 1 fully saturated rings. The van der Waals surface area contributed by atoms with Crippen molar-refractivity contribution in [3.05, 3.63) is 48.9 Å². The summed E-state index contributed by atoms with van der Waals surface area (Å²) in [6, 6.07) is 8.50. The van der Waals surface area contributed by atoms with Crippen LogP contribution in [0.2, 0.25) is 0 Å². The Morgan fingerprint density at radius 2 is 1.93 bits per heavy atom. The van der Waals surface area contributed by atoms with E-state index in [2.05, 4.69) is 20.7 Å². The fourth-order valence-electron chi connectivity index (χ4n) is 4.43. The van der Waals surface area contributed by atoms with Crippen molar-refractivity contribution in [3.8, 4) is 11.1 Å². The van der Waals surface area contributed by atoms with Crippen molar-refractivity contribution in [2.75, 3.05) is 0 Å². The van der Waals surface area contributed by atoms with E-state index in [4.69, 9.17) is 0 Å². The maximum Gasteiger partial charge on any atom is 0.332 e. The molecule has 1 aliphatic rings. The highest BCUT2D eigenvalue weighted by molar-refractivity contribution is 7.86. The molecule has 0 bridgehead atoms. The summed E-state index contributed by atoms with van der Waals surface area (Å²) >= 11 is 0. The Morgan fingerprint density at radius 1 is 1.11 bits per heavy atom. The SMILES string of the molecule is O=S(=O)(F)c1cccc(-c2cn(C3CCCCC3)c3c2cnc2[nH]ccc23)c1. The third kappa shape index (κ3) is 2.81. The lowest BCUT2D eigenvalue weighted by Gasteiger charge is -2.24. The van der Waals surface area contributed by atoms with E-state index in [9.17, 15) is 12.3 Å². The first kappa shape index (κ1) is 17.4. The van der Waals surface area contributed by atoms with Gasteiger partial charge in [-0.25, -0.2) is 4.98 Å². The number of H-pyrrole nitrogens is 1. The topological polar surface area (TPSA) is 67.8 Å². The maximum atomic E-state index is 13.5. The van der Waals surface area contributed by atoms with E-state index in [0.29, 0.717) is 11.6 Å². The molecule has 1 N–H and O–H groups in total. The number of halogens is 1. The molecule has 0 amide bonds. The highest BCUT2D eigenvalue weighted by Crippen LogP contribution is 2.39. The molecule has 0 atom stereocenters. The van der Waals surface area contributed by atoms with Gasteiger partial charge in [-0.05, 0) is 36.6 Å². The van der Waals surface area contributed by atoms with Crippen LogP contribution >= 0.6 is 0 Å². The average Bonchev–Trinajstić information content (AvgIpc) is 3.32. The van der Waals surface area contributed by atoms with Crippen LogP contribution in [0.3, 0.4) is 0 Å². The monoisotopic (exact) mass is 397 g/mol. The van der Waals surface area contributed by atoms with E-state index in [1.54, 1.807) is 6.07 Å². The smallest absolute Gasteiger partial charge is 0.332 e. The molecule has 144 valence electrons. The Labute approximate surface area is 162 Å². The van der Waals surface area contributed by atoms with Crippen molar-refractivity contribution < 1.29 is 12.3 Å². The minimum Gasteiger partial charge on any atom is -0.346 e. The number of nitrogens with zero attached hydrogens (tertiary/aromatic N) is 2. The standard InChI is InChI=1S/C21H20FN3O2S/c22-28(26,27)16-8-4-5-14(11-16)19-13-25(15-6-2-1-3-7-15)20-17-9-10-23-21(17)24-12-18(19)20/h4-5,8-13,15H,1-3,6-7H2,(H,23,24). The summed E-state index contributed by atoms with van der Waals surface area (Å²) in [5, 5.41) is 2.00. The van der Waals surface area contributed by atoms with Gasteiger partial charge in [-0.3, -0.25) is 0 Å². The van der Waals surface area contributed by atoms with Crippen LogP contribution in [-0.4, -0.2) is 23.0 Å². The number of hydrogen-bond donors (Lipinski definition) is 1. The van der Waals surface area contributed by atoms with Crippen LogP contribution in [0, 0.1) is 0 Å². The lowest BCUT2D eigenvalue weighted by Crippen LogP contribution is -2.11. The molecule has 5 nitrogen and oxygen atoms in total.